The lowest BCUT2D eigenvalue weighted by molar-refractivity contribution is -0.430. The van der Waals surface area contributed by atoms with Crippen LogP contribution in [-0.4, -0.2) is 18.5 Å². The molecule has 6 heteroatoms. The van der Waals surface area contributed by atoms with Gasteiger partial charge in [0.1, 0.15) is 11.8 Å². The van der Waals surface area contributed by atoms with E-state index in [-0.39, 0.29) is 13.0 Å². The van der Waals surface area contributed by atoms with E-state index in [0.717, 1.165) is 0 Å². The highest BCUT2D eigenvalue weighted by molar-refractivity contribution is 5.75. The fourth-order valence-electron chi connectivity index (χ4n) is 1.33. The number of aliphatic carboxylic acids is 1. The van der Waals surface area contributed by atoms with Crippen molar-refractivity contribution in [1.82, 2.24) is 0 Å². The molecule has 1 rings (SSSR count). The number of primary amides is 1. The van der Waals surface area contributed by atoms with Gasteiger partial charge >= 0.3 is 0 Å². The largest absolute Gasteiger partial charge is 0.550 e. The highest BCUT2D eigenvalue weighted by atomic mass is 16.5. The Morgan fingerprint density at radius 1 is 1.47 bits per heavy atom. The average Bonchev–Trinajstić information content (AvgIpc) is 2.26. The molecular formula is C11H14N2O4. The normalized spacial score (nSPS) is 11.8. The Kier molecular flexibility index (Phi) is 4.47. The molecule has 0 heterocycles. The lowest BCUT2D eigenvalue weighted by Crippen LogP contribution is -2.55. The van der Waals surface area contributed by atoms with Crippen molar-refractivity contribution in [1.29, 1.82) is 0 Å². The van der Waals surface area contributed by atoms with E-state index in [9.17, 15) is 14.7 Å². The number of carbonyl (C=O) groups excluding carboxylic acids is 2. The molecule has 1 aromatic carbocycles. The maximum atomic E-state index is 10.5. The number of benzene rings is 1. The van der Waals surface area contributed by atoms with Gasteiger partial charge in [-0.05, 0) is 12.1 Å². The lowest BCUT2D eigenvalue weighted by atomic mass is 10.0. The zero-order valence-electron chi connectivity index (χ0n) is 9.22. The molecule has 92 valence electrons. The zero-order valence-corrected chi connectivity index (χ0v) is 9.22. The molecule has 0 radical (unpaired) electrons. The summed E-state index contributed by atoms with van der Waals surface area (Å²) in [6.45, 7) is -0.217. The number of carboxylic acid groups (broad SMARTS) is 1. The highest BCUT2D eigenvalue weighted by Gasteiger charge is 2.10. The number of carboxylic acids is 1. The Balaban J connectivity index is 2.71. The van der Waals surface area contributed by atoms with E-state index in [2.05, 4.69) is 5.73 Å². The fourth-order valence-corrected chi connectivity index (χ4v) is 1.33. The summed E-state index contributed by atoms with van der Waals surface area (Å²) in [5.74, 6) is -1.28. The number of rotatable bonds is 6. The minimum absolute atomic E-state index is 0.167. The predicted octanol–water partition coefficient (Wildman–Crippen LogP) is -2.03. The molecule has 5 N–H and O–H groups in total. The first-order valence-electron chi connectivity index (χ1n) is 5.03. The smallest absolute Gasteiger partial charge is 0.255 e. The summed E-state index contributed by atoms with van der Waals surface area (Å²) < 4.78 is 5.10. The van der Waals surface area contributed by atoms with Crippen LogP contribution in [-0.2, 0) is 9.59 Å². The number of nitrogens with two attached hydrogens (primary N) is 1. The Labute approximate surface area is 98.2 Å². The quantitative estimate of drug-likeness (QED) is 0.593. The lowest BCUT2D eigenvalue weighted by Gasteiger charge is -2.11. The van der Waals surface area contributed by atoms with E-state index in [1.54, 1.807) is 24.3 Å². The van der Waals surface area contributed by atoms with Gasteiger partial charge in [-0.1, -0.05) is 12.1 Å². The Morgan fingerprint density at radius 3 is 2.76 bits per heavy atom. The van der Waals surface area contributed by atoms with Crippen LogP contribution < -0.4 is 21.3 Å². The number of hydrogen-bond acceptors (Lipinski definition) is 4. The summed E-state index contributed by atoms with van der Waals surface area (Å²) in [5, 5.41) is 10.4. The van der Waals surface area contributed by atoms with E-state index in [4.69, 9.17) is 10.5 Å². The molecule has 0 aromatic heterocycles. The molecule has 0 unspecified atom stereocenters. The third kappa shape index (κ3) is 4.52. The van der Waals surface area contributed by atoms with Gasteiger partial charge in [0.25, 0.3) is 5.91 Å². The molecule has 1 amide bonds. The topological polar surface area (TPSA) is 120 Å². The fraction of sp³-hybridized carbons (Fsp3) is 0.273. The SMILES string of the molecule is NC(=O)COc1cccc([C@@H]([NH3+])CC(=O)[O-])c1. The minimum atomic E-state index is -1.16. The molecule has 0 fully saturated rings. The van der Waals surface area contributed by atoms with Crippen LogP contribution in [0, 0.1) is 0 Å². The summed E-state index contributed by atoms with van der Waals surface area (Å²) in [6.07, 6.45) is -0.167. The standard InChI is InChI=1S/C11H14N2O4/c12-9(5-11(15)16)7-2-1-3-8(4-7)17-6-10(13)14/h1-4,9H,5-6,12H2,(H2,13,14)(H,15,16)/t9-/m0/s1. The van der Waals surface area contributed by atoms with Crippen LogP contribution in [0.3, 0.4) is 0 Å². The molecule has 0 spiro atoms. The summed E-state index contributed by atoms with van der Waals surface area (Å²) >= 11 is 0. The maximum absolute atomic E-state index is 10.5. The number of ether oxygens (including phenoxy) is 1. The summed E-state index contributed by atoms with van der Waals surface area (Å²) in [4.78, 5) is 21.0. The molecule has 0 aliphatic carbocycles. The van der Waals surface area contributed by atoms with Crippen LogP contribution >= 0.6 is 0 Å². The van der Waals surface area contributed by atoms with E-state index in [1.165, 1.54) is 0 Å². The first-order chi connectivity index (χ1) is 7.99. The van der Waals surface area contributed by atoms with Crippen molar-refractivity contribution in [2.75, 3.05) is 6.61 Å². The number of amides is 1. The van der Waals surface area contributed by atoms with Gasteiger partial charge in [0.15, 0.2) is 6.61 Å². The van der Waals surface area contributed by atoms with Gasteiger partial charge in [0.05, 0.1) is 0 Å². The zero-order chi connectivity index (χ0) is 12.8. The van der Waals surface area contributed by atoms with Crippen LogP contribution in [0.5, 0.6) is 5.75 Å². The number of hydrogen-bond donors (Lipinski definition) is 2. The van der Waals surface area contributed by atoms with Crippen molar-refractivity contribution >= 4 is 11.9 Å². The molecule has 6 nitrogen and oxygen atoms in total. The van der Waals surface area contributed by atoms with E-state index < -0.39 is 17.9 Å². The van der Waals surface area contributed by atoms with Crippen molar-refractivity contribution in [2.24, 2.45) is 5.73 Å². The van der Waals surface area contributed by atoms with Crippen LogP contribution in [0.4, 0.5) is 0 Å². The molecule has 1 atom stereocenters. The van der Waals surface area contributed by atoms with Gasteiger partial charge in [0, 0.05) is 18.0 Å². The molecule has 17 heavy (non-hydrogen) atoms. The van der Waals surface area contributed by atoms with E-state index in [1.807, 2.05) is 0 Å². The van der Waals surface area contributed by atoms with Crippen molar-refractivity contribution < 1.29 is 25.2 Å². The Morgan fingerprint density at radius 2 is 2.18 bits per heavy atom. The molecule has 1 aromatic rings. The highest BCUT2D eigenvalue weighted by Crippen LogP contribution is 2.18. The minimum Gasteiger partial charge on any atom is -0.550 e. The van der Waals surface area contributed by atoms with Crippen molar-refractivity contribution in [2.45, 2.75) is 12.5 Å². The van der Waals surface area contributed by atoms with Crippen molar-refractivity contribution in [3.05, 3.63) is 29.8 Å². The molecular weight excluding hydrogens is 224 g/mol. The third-order valence-corrected chi connectivity index (χ3v) is 2.12. The second kappa shape index (κ2) is 5.86. The maximum Gasteiger partial charge on any atom is 0.255 e. The second-order valence-corrected chi connectivity index (χ2v) is 3.60. The summed E-state index contributed by atoms with van der Waals surface area (Å²) in [7, 11) is 0. The van der Waals surface area contributed by atoms with Gasteiger partial charge in [-0.15, -0.1) is 0 Å². The molecule has 0 aliphatic rings. The molecule has 0 bridgehead atoms. The van der Waals surface area contributed by atoms with Crippen LogP contribution in [0.25, 0.3) is 0 Å². The van der Waals surface area contributed by atoms with Crippen LogP contribution in [0.1, 0.15) is 18.0 Å². The predicted molar refractivity (Wildman–Crippen MR) is 56.4 cm³/mol. The summed E-state index contributed by atoms with van der Waals surface area (Å²) in [6, 6.07) is 6.29. The Bertz CT molecular complexity index is 420. The van der Waals surface area contributed by atoms with Gasteiger partial charge in [-0.3, -0.25) is 4.79 Å². The first kappa shape index (κ1) is 13.0. The molecule has 0 saturated carbocycles. The second-order valence-electron chi connectivity index (χ2n) is 3.60. The van der Waals surface area contributed by atoms with Crippen LogP contribution in [0.2, 0.25) is 0 Å². The average molecular weight is 238 g/mol. The van der Waals surface area contributed by atoms with Crippen molar-refractivity contribution in [3.63, 3.8) is 0 Å². The van der Waals surface area contributed by atoms with E-state index >= 15 is 0 Å². The molecule has 0 saturated heterocycles. The first-order valence-corrected chi connectivity index (χ1v) is 5.03. The summed E-state index contributed by atoms with van der Waals surface area (Å²) in [5.41, 5.74) is 9.36. The monoisotopic (exact) mass is 238 g/mol. The van der Waals surface area contributed by atoms with E-state index in [0.29, 0.717) is 11.3 Å². The van der Waals surface area contributed by atoms with Crippen molar-refractivity contribution in [3.8, 4) is 5.75 Å². The van der Waals surface area contributed by atoms with Gasteiger partial charge in [-0.2, -0.15) is 0 Å². The third-order valence-electron chi connectivity index (χ3n) is 2.12. The van der Waals surface area contributed by atoms with Gasteiger partial charge in [0.2, 0.25) is 0 Å². The number of quaternary nitrogens is 1. The van der Waals surface area contributed by atoms with Gasteiger partial charge < -0.3 is 26.1 Å². The van der Waals surface area contributed by atoms with Gasteiger partial charge in [-0.25, -0.2) is 0 Å². The Hall–Kier alpha value is -2.08. The number of carbonyl (C=O) groups is 2. The van der Waals surface area contributed by atoms with Crippen LogP contribution in [0.15, 0.2) is 24.3 Å². The molecule has 0 aliphatic heterocycles.